The lowest BCUT2D eigenvalue weighted by atomic mass is 9.99. The van der Waals surface area contributed by atoms with E-state index in [1.54, 1.807) is 0 Å². The average Bonchev–Trinajstić information content (AvgIpc) is 2.72. The van der Waals surface area contributed by atoms with Crippen LogP contribution in [0.25, 0.3) is 0 Å². The first-order valence-corrected chi connectivity index (χ1v) is 10.6. The molecule has 2 N–H and O–H groups in total. The summed E-state index contributed by atoms with van der Waals surface area (Å²) in [7, 11) is -1.36. The fourth-order valence-corrected chi connectivity index (χ4v) is 3.84. The highest BCUT2D eigenvalue weighted by atomic mass is 32.2. The Morgan fingerprint density at radius 3 is 2.43 bits per heavy atom. The van der Waals surface area contributed by atoms with Crippen molar-refractivity contribution in [3.05, 3.63) is 59.2 Å². The molecule has 0 aliphatic carbocycles. The van der Waals surface area contributed by atoms with Crippen LogP contribution in [0.2, 0.25) is 0 Å². The maximum atomic E-state index is 13.0. The van der Waals surface area contributed by atoms with E-state index >= 15 is 0 Å². The molecule has 1 amide bonds. The zero-order chi connectivity index (χ0) is 22.5. The van der Waals surface area contributed by atoms with Gasteiger partial charge in [0.1, 0.15) is 10.6 Å². The quantitative estimate of drug-likeness (QED) is 0.647. The zero-order valence-electron chi connectivity index (χ0n) is 16.7. The number of alkyl halides is 3. The van der Waals surface area contributed by atoms with Gasteiger partial charge in [-0.1, -0.05) is 25.5 Å². The first-order valence-electron chi connectivity index (χ1n) is 9.13. The highest BCUT2D eigenvalue weighted by Crippen LogP contribution is 2.32. The summed E-state index contributed by atoms with van der Waals surface area (Å²) in [5.41, 5.74) is -0.448. The number of hydrogen-bond acceptors (Lipinski definition) is 4. The number of benzene rings is 2. The van der Waals surface area contributed by atoms with E-state index in [-0.39, 0.29) is 16.2 Å². The van der Waals surface area contributed by atoms with Gasteiger partial charge in [-0.2, -0.15) is 13.2 Å². The van der Waals surface area contributed by atoms with Gasteiger partial charge in [0, 0.05) is 5.56 Å². The number of rotatable bonds is 8. The molecule has 2 aromatic carbocycles. The van der Waals surface area contributed by atoms with Gasteiger partial charge in [0.15, 0.2) is 0 Å². The van der Waals surface area contributed by atoms with Crippen LogP contribution in [0.5, 0.6) is 5.75 Å². The molecule has 0 fully saturated rings. The van der Waals surface area contributed by atoms with Crippen LogP contribution in [0.15, 0.2) is 47.4 Å². The molecule has 0 saturated carbocycles. The van der Waals surface area contributed by atoms with Gasteiger partial charge >= 0.3 is 6.18 Å². The molecular weight excluding hydrogens is 421 g/mol. The maximum absolute atomic E-state index is 13.0. The number of amides is 1. The minimum Gasteiger partial charge on any atom is -0.495 e. The maximum Gasteiger partial charge on any atom is 0.416 e. The Hall–Kier alpha value is -2.59. The monoisotopic (exact) mass is 444 g/mol. The topological polar surface area (TPSA) is 84.5 Å². The molecule has 30 heavy (non-hydrogen) atoms. The van der Waals surface area contributed by atoms with Crippen molar-refractivity contribution in [2.75, 3.05) is 14.2 Å². The van der Waals surface area contributed by atoms with E-state index < -0.39 is 33.7 Å². The molecule has 1 unspecified atom stereocenters. The van der Waals surface area contributed by atoms with Crippen LogP contribution in [0.1, 0.15) is 47.3 Å². The first-order chi connectivity index (χ1) is 14.0. The van der Waals surface area contributed by atoms with Crippen molar-refractivity contribution in [2.45, 2.75) is 36.9 Å². The van der Waals surface area contributed by atoms with Crippen molar-refractivity contribution >= 4 is 15.9 Å². The van der Waals surface area contributed by atoms with Crippen molar-refractivity contribution in [3.63, 3.8) is 0 Å². The lowest BCUT2D eigenvalue weighted by Crippen LogP contribution is -2.29. The SMILES string of the molecule is CCCC(NC(=O)c1ccc(OC)c(S(=O)(=O)NC)c1)c1cccc(C(F)(F)F)c1. The predicted molar refractivity (Wildman–Crippen MR) is 106 cm³/mol. The number of sulfonamides is 1. The smallest absolute Gasteiger partial charge is 0.416 e. The Kier molecular flexibility index (Phi) is 7.49. The summed E-state index contributed by atoms with van der Waals surface area (Å²) < 4.78 is 70.7. The lowest BCUT2D eigenvalue weighted by Gasteiger charge is -2.20. The first kappa shape index (κ1) is 23.7. The van der Waals surface area contributed by atoms with Gasteiger partial charge < -0.3 is 10.1 Å². The fourth-order valence-electron chi connectivity index (χ4n) is 2.92. The van der Waals surface area contributed by atoms with Gasteiger partial charge in [-0.25, -0.2) is 13.1 Å². The van der Waals surface area contributed by atoms with E-state index in [1.165, 1.54) is 38.4 Å². The molecule has 1 atom stereocenters. The molecular formula is C20H23F3N2O4S. The predicted octanol–water partition coefficient (Wildman–Crippen LogP) is 3.89. The molecule has 0 aliphatic rings. The molecule has 6 nitrogen and oxygen atoms in total. The summed E-state index contributed by atoms with van der Waals surface area (Å²) in [5.74, 6) is -0.551. The van der Waals surface area contributed by atoms with Crippen LogP contribution < -0.4 is 14.8 Å². The summed E-state index contributed by atoms with van der Waals surface area (Å²) in [4.78, 5) is 12.5. The molecule has 0 saturated heterocycles. The Bertz CT molecular complexity index is 1010. The second kappa shape index (κ2) is 9.48. The van der Waals surface area contributed by atoms with Crippen LogP contribution in [0, 0.1) is 0 Å². The standard InChI is InChI=1S/C20H23F3N2O4S/c1-4-6-16(13-7-5-8-15(11-13)20(21,22)23)25-19(26)14-9-10-17(29-3)18(12-14)30(27,28)24-2/h5,7-12,16,24H,4,6H2,1-3H3,(H,25,26). The minimum atomic E-state index is -4.50. The molecule has 0 aromatic heterocycles. The second-order valence-electron chi connectivity index (χ2n) is 6.51. The number of carbonyl (C=O) groups is 1. The van der Waals surface area contributed by atoms with Crippen LogP contribution >= 0.6 is 0 Å². The summed E-state index contributed by atoms with van der Waals surface area (Å²) in [6.07, 6.45) is -3.47. The van der Waals surface area contributed by atoms with Crippen molar-refractivity contribution in [1.82, 2.24) is 10.0 Å². The Balaban J connectivity index is 2.37. The van der Waals surface area contributed by atoms with Crippen molar-refractivity contribution in [3.8, 4) is 5.75 Å². The Morgan fingerprint density at radius 2 is 1.87 bits per heavy atom. The van der Waals surface area contributed by atoms with Gasteiger partial charge in [0.05, 0.1) is 18.7 Å². The summed E-state index contributed by atoms with van der Waals surface area (Å²) in [5, 5.41) is 2.70. The van der Waals surface area contributed by atoms with Crippen LogP contribution in [0.4, 0.5) is 13.2 Å². The van der Waals surface area contributed by atoms with Crippen molar-refractivity contribution < 1.29 is 31.1 Å². The number of hydrogen-bond donors (Lipinski definition) is 2. The number of methoxy groups -OCH3 is 1. The molecule has 0 bridgehead atoms. The van der Waals surface area contributed by atoms with E-state index in [9.17, 15) is 26.4 Å². The van der Waals surface area contributed by atoms with Crippen molar-refractivity contribution in [1.29, 1.82) is 0 Å². The number of halogens is 3. The van der Waals surface area contributed by atoms with Gasteiger partial charge in [-0.05, 0) is 49.4 Å². The Labute approximate surface area is 173 Å². The molecule has 10 heteroatoms. The van der Waals surface area contributed by atoms with E-state index in [2.05, 4.69) is 10.0 Å². The highest BCUT2D eigenvalue weighted by Gasteiger charge is 2.31. The van der Waals surface area contributed by atoms with E-state index in [4.69, 9.17) is 4.74 Å². The third-order valence-electron chi connectivity index (χ3n) is 4.48. The van der Waals surface area contributed by atoms with Gasteiger partial charge in [0.2, 0.25) is 10.0 Å². The molecule has 2 aromatic rings. The van der Waals surface area contributed by atoms with Gasteiger partial charge in [-0.3, -0.25) is 4.79 Å². The number of nitrogens with one attached hydrogen (secondary N) is 2. The lowest BCUT2D eigenvalue weighted by molar-refractivity contribution is -0.137. The molecule has 0 spiro atoms. The zero-order valence-corrected chi connectivity index (χ0v) is 17.5. The molecule has 0 aliphatic heterocycles. The average molecular weight is 444 g/mol. The summed E-state index contributed by atoms with van der Waals surface area (Å²) >= 11 is 0. The third kappa shape index (κ3) is 5.51. The fraction of sp³-hybridized carbons (Fsp3) is 0.350. The third-order valence-corrected chi connectivity index (χ3v) is 5.92. The van der Waals surface area contributed by atoms with Crippen LogP contribution in [-0.2, 0) is 16.2 Å². The molecule has 0 radical (unpaired) electrons. The van der Waals surface area contributed by atoms with Crippen LogP contribution in [0.3, 0.4) is 0 Å². The Morgan fingerprint density at radius 1 is 1.17 bits per heavy atom. The molecule has 164 valence electrons. The summed E-state index contributed by atoms with van der Waals surface area (Å²) in [6, 6.07) is 8.00. The van der Waals surface area contributed by atoms with E-state index in [0.717, 1.165) is 18.2 Å². The van der Waals surface area contributed by atoms with Crippen LogP contribution in [-0.4, -0.2) is 28.5 Å². The van der Waals surface area contributed by atoms with E-state index in [0.29, 0.717) is 18.4 Å². The highest BCUT2D eigenvalue weighted by molar-refractivity contribution is 7.89. The molecule has 0 heterocycles. The van der Waals surface area contributed by atoms with Gasteiger partial charge in [-0.15, -0.1) is 0 Å². The number of ether oxygens (including phenoxy) is 1. The van der Waals surface area contributed by atoms with Gasteiger partial charge in [0.25, 0.3) is 5.91 Å². The minimum absolute atomic E-state index is 0.0395. The number of carbonyl (C=O) groups excluding carboxylic acids is 1. The van der Waals surface area contributed by atoms with Crippen molar-refractivity contribution in [2.24, 2.45) is 0 Å². The second-order valence-corrected chi connectivity index (χ2v) is 8.37. The normalized spacial score (nSPS) is 13.0. The van der Waals surface area contributed by atoms with E-state index in [1.807, 2.05) is 6.92 Å². The largest absolute Gasteiger partial charge is 0.495 e. The molecule has 2 rings (SSSR count). The summed E-state index contributed by atoms with van der Waals surface area (Å²) in [6.45, 7) is 1.84.